The molecule has 0 radical (unpaired) electrons. The van der Waals surface area contributed by atoms with Crippen LogP contribution in [-0.2, 0) is 17.9 Å². The lowest BCUT2D eigenvalue weighted by Gasteiger charge is -2.09. The summed E-state index contributed by atoms with van der Waals surface area (Å²) in [5, 5.41) is 4.14. The molecule has 0 unspecified atom stereocenters. The van der Waals surface area contributed by atoms with Crippen LogP contribution < -0.4 is 5.32 Å². The van der Waals surface area contributed by atoms with Crippen LogP contribution in [0.5, 0.6) is 0 Å². The first-order valence-electron chi connectivity index (χ1n) is 7.11. The molecule has 3 aromatic rings. The number of carbonyl (C=O) groups is 1. The van der Waals surface area contributed by atoms with Crippen LogP contribution in [0, 0.1) is 13.8 Å². The van der Waals surface area contributed by atoms with Crippen LogP contribution in [-0.4, -0.2) is 10.5 Å². The Bertz CT molecular complexity index is 834. The Balaban J connectivity index is 1.75. The van der Waals surface area contributed by atoms with Gasteiger partial charge in [0.15, 0.2) is 0 Å². The molecule has 22 heavy (non-hydrogen) atoms. The fourth-order valence-electron chi connectivity index (χ4n) is 2.56. The smallest absolute Gasteiger partial charge is 0.240 e. The van der Waals surface area contributed by atoms with E-state index >= 15 is 0 Å². The first-order valence-corrected chi connectivity index (χ1v) is 8.72. The Morgan fingerprint density at radius 1 is 1.23 bits per heavy atom. The Labute approximate surface area is 142 Å². The van der Waals surface area contributed by atoms with E-state index in [1.165, 1.54) is 9.75 Å². The first-order chi connectivity index (χ1) is 10.6. The molecule has 1 N–H and O–H groups in total. The molecule has 0 saturated heterocycles. The Kier molecular flexibility index (Phi) is 4.36. The van der Waals surface area contributed by atoms with E-state index in [-0.39, 0.29) is 5.91 Å². The maximum Gasteiger partial charge on any atom is 0.240 e. The van der Waals surface area contributed by atoms with Crippen molar-refractivity contribution in [2.24, 2.45) is 0 Å². The van der Waals surface area contributed by atoms with Crippen LogP contribution >= 0.6 is 27.3 Å². The van der Waals surface area contributed by atoms with E-state index in [1.54, 1.807) is 11.3 Å². The number of hydrogen-bond donors (Lipinski definition) is 1. The van der Waals surface area contributed by atoms with Gasteiger partial charge in [0.2, 0.25) is 5.91 Å². The van der Waals surface area contributed by atoms with Crippen LogP contribution in [0.1, 0.15) is 15.4 Å². The predicted octanol–water partition coefficient (Wildman–Crippen LogP) is 4.40. The van der Waals surface area contributed by atoms with E-state index in [4.69, 9.17) is 0 Å². The summed E-state index contributed by atoms with van der Waals surface area (Å²) < 4.78 is 3.11. The molecule has 0 fully saturated rings. The van der Waals surface area contributed by atoms with Gasteiger partial charge in [-0.3, -0.25) is 4.79 Å². The van der Waals surface area contributed by atoms with E-state index < -0.39 is 0 Å². The summed E-state index contributed by atoms with van der Waals surface area (Å²) in [6.45, 7) is 5.03. The second kappa shape index (κ2) is 6.26. The van der Waals surface area contributed by atoms with E-state index in [0.29, 0.717) is 13.1 Å². The molecule has 0 aliphatic carbocycles. The lowest BCUT2D eigenvalue weighted by atomic mass is 10.2. The van der Waals surface area contributed by atoms with Crippen molar-refractivity contribution < 1.29 is 4.79 Å². The van der Waals surface area contributed by atoms with Gasteiger partial charge in [-0.15, -0.1) is 11.3 Å². The van der Waals surface area contributed by atoms with Gasteiger partial charge in [-0.05, 0) is 48.0 Å². The highest BCUT2D eigenvalue weighted by molar-refractivity contribution is 9.10. The zero-order valence-corrected chi connectivity index (χ0v) is 14.9. The maximum atomic E-state index is 12.3. The number of rotatable bonds is 4. The van der Waals surface area contributed by atoms with Crippen molar-refractivity contribution in [3.05, 3.63) is 56.3 Å². The van der Waals surface area contributed by atoms with Crippen LogP contribution in [0.15, 0.2) is 40.9 Å². The van der Waals surface area contributed by atoms with Gasteiger partial charge in [-0.25, -0.2) is 0 Å². The molecule has 0 aliphatic heterocycles. The van der Waals surface area contributed by atoms with Gasteiger partial charge < -0.3 is 9.88 Å². The maximum absolute atomic E-state index is 12.3. The third kappa shape index (κ3) is 2.96. The van der Waals surface area contributed by atoms with E-state index in [1.807, 2.05) is 25.1 Å². The third-order valence-electron chi connectivity index (χ3n) is 3.71. The molecule has 1 amide bonds. The van der Waals surface area contributed by atoms with E-state index in [2.05, 4.69) is 50.9 Å². The van der Waals surface area contributed by atoms with Crippen molar-refractivity contribution in [1.82, 2.24) is 9.88 Å². The number of amides is 1. The molecule has 0 aliphatic rings. The second-order valence-corrected chi connectivity index (χ2v) is 7.46. The Morgan fingerprint density at radius 3 is 2.73 bits per heavy atom. The number of halogens is 1. The lowest BCUT2D eigenvalue weighted by Crippen LogP contribution is -2.27. The normalized spacial score (nSPS) is 11.0. The average molecular weight is 377 g/mol. The van der Waals surface area contributed by atoms with Crippen molar-refractivity contribution in [2.75, 3.05) is 0 Å². The molecule has 0 bridgehead atoms. The number of aryl methyl sites for hydroxylation is 1. The highest BCUT2D eigenvalue weighted by Crippen LogP contribution is 2.30. The van der Waals surface area contributed by atoms with Gasteiger partial charge in [0, 0.05) is 30.8 Å². The molecule has 5 heteroatoms. The van der Waals surface area contributed by atoms with E-state index in [9.17, 15) is 4.79 Å². The fourth-order valence-corrected chi connectivity index (χ4v) is 3.94. The van der Waals surface area contributed by atoms with Gasteiger partial charge in [0.25, 0.3) is 0 Å². The van der Waals surface area contributed by atoms with Crippen LogP contribution in [0.25, 0.3) is 10.9 Å². The van der Waals surface area contributed by atoms with Crippen molar-refractivity contribution in [3.63, 3.8) is 0 Å². The second-order valence-electron chi connectivity index (χ2n) is 5.29. The van der Waals surface area contributed by atoms with Gasteiger partial charge >= 0.3 is 0 Å². The molecule has 1 aromatic carbocycles. The number of hydrogen-bond acceptors (Lipinski definition) is 2. The summed E-state index contributed by atoms with van der Waals surface area (Å²) >= 11 is 5.34. The SMILES string of the molecule is Cc1ccc(CNC(=O)Cn2c(C)c(Br)c3ccccc32)s1. The number of benzene rings is 1. The molecule has 2 heterocycles. The first kappa shape index (κ1) is 15.3. The number of nitrogens with zero attached hydrogens (tertiary/aromatic N) is 1. The quantitative estimate of drug-likeness (QED) is 0.719. The topological polar surface area (TPSA) is 34.0 Å². The summed E-state index contributed by atoms with van der Waals surface area (Å²) in [6.07, 6.45) is 0. The average Bonchev–Trinajstić information content (AvgIpc) is 3.03. The largest absolute Gasteiger partial charge is 0.350 e. The Morgan fingerprint density at radius 2 is 2.00 bits per heavy atom. The molecular weight excluding hydrogens is 360 g/mol. The highest BCUT2D eigenvalue weighted by atomic mass is 79.9. The van der Waals surface area contributed by atoms with Crippen LogP contribution in [0.4, 0.5) is 0 Å². The van der Waals surface area contributed by atoms with Gasteiger partial charge in [-0.2, -0.15) is 0 Å². The lowest BCUT2D eigenvalue weighted by molar-refractivity contribution is -0.121. The molecule has 0 atom stereocenters. The minimum atomic E-state index is 0.0300. The molecule has 0 saturated carbocycles. The molecular formula is C17H17BrN2OS. The minimum absolute atomic E-state index is 0.0300. The number of nitrogens with one attached hydrogen (secondary N) is 1. The standard InChI is InChI=1S/C17H17BrN2OS/c1-11-7-8-13(22-11)9-19-16(21)10-20-12(2)17(18)14-5-3-4-6-15(14)20/h3-8H,9-10H2,1-2H3,(H,19,21). The molecule has 114 valence electrons. The number of fused-ring (bicyclic) bond motifs is 1. The van der Waals surface area contributed by atoms with Crippen molar-refractivity contribution in [1.29, 1.82) is 0 Å². The monoisotopic (exact) mass is 376 g/mol. The summed E-state index contributed by atoms with van der Waals surface area (Å²) in [7, 11) is 0. The fraction of sp³-hybridized carbons (Fsp3) is 0.235. The van der Waals surface area contributed by atoms with Gasteiger partial charge in [-0.1, -0.05) is 18.2 Å². The van der Waals surface area contributed by atoms with Crippen molar-refractivity contribution >= 4 is 44.1 Å². The molecule has 2 aromatic heterocycles. The zero-order chi connectivity index (χ0) is 15.7. The van der Waals surface area contributed by atoms with E-state index in [0.717, 1.165) is 21.1 Å². The van der Waals surface area contributed by atoms with Gasteiger partial charge in [0.05, 0.1) is 6.54 Å². The summed E-state index contributed by atoms with van der Waals surface area (Å²) in [5.74, 6) is 0.0300. The van der Waals surface area contributed by atoms with Crippen LogP contribution in [0.3, 0.4) is 0 Å². The molecule has 3 nitrogen and oxygen atoms in total. The summed E-state index contributed by atoms with van der Waals surface area (Å²) in [4.78, 5) is 14.7. The number of aromatic nitrogens is 1. The molecule has 0 spiro atoms. The predicted molar refractivity (Wildman–Crippen MR) is 95.3 cm³/mol. The number of para-hydroxylation sites is 1. The highest BCUT2D eigenvalue weighted by Gasteiger charge is 2.14. The summed E-state index contributed by atoms with van der Waals surface area (Å²) in [6, 6.07) is 12.3. The van der Waals surface area contributed by atoms with Gasteiger partial charge in [0.1, 0.15) is 6.54 Å². The minimum Gasteiger partial charge on any atom is -0.350 e. The van der Waals surface area contributed by atoms with Crippen molar-refractivity contribution in [2.45, 2.75) is 26.9 Å². The molecule has 3 rings (SSSR count). The zero-order valence-electron chi connectivity index (χ0n) is 12.5. The number of carbonyl (C=O) groups excluding carboxylic acids is 1. The number of thiophene rings is 1. The van der Waals surface area contributed by atoms with Crippen molar-refractivity contribution in [3.8, 4) is 0 Å². The third-order valence-corrected chi connectivity index (χ3v) is 5.71. The van der Waals surface area contributed by atoms with Crippen LogP contribution in [0.2, 0.25) is 0 Å². The Hall–Kier alpha value is -1.59. The summed E-state index contributed by atoms with van der Waals surface area (Å²) in [5.41, 5.74) is 2.15.